The summed E-state index contributed by atoms with van der Waals surface area (Å²) in [6.07, 6.45) is 14.6. The third-order valence-electron chi connectivity index (χ3n) is 6.01. The van der Waals surface area contributed by atoms with E-state index < -0.39 is 5.41 Å². The standard InChI is InChI=1S/C24H46O4/c1-6-10-11-12-13-14-15-16-17-18-19-21(5)24(7-2,23(26)28-9-4)20-22(25)27-8-3/h21H,6-20H2,1-5H3. The van der Waals surface area contributed by atoms with Crippen molar-refractivity contribution in [1.29, 1.82) is 0 Å². The average Bonchev–Trinajstić information content (AvgIpc) is 2.67. The van der Waals surface area contributed by atoms with E-state index in [1.165, 1.54) is 57.8 Å². The van der Waals surface area contributed by atoms with Crippen LogP contribution in [0.3, 0.4) is 0 Å². The maximum absolute atomic E-state index is 12.7. The van der Waals surface area contributed by atoms with Crippen LogP contribution < -0.4 is 0 Å². The summed E-state index contributed by atoms with van der Waals surface area (Å²) in [4.78, 5) is 24.9. The summed E-state index contributed by atoms with van der Waals surface area (Å²) in [6, 6.07) is 0. The first-order chi connectivity index (χ1) is 13.5. The second kappa shape index (κ2) is 16.9. The number of rotatable bonds is 18. The molecule has 0 heterocycles. The first-order valence-electron chi connectivity index (χ1n) is 11.8. The predicted molar refractivity (Wildman–Crippen MR) is 116 cm³/mol. The summed E-state index contributed by atoms with van der Waals surface area (Å²) < 4.78 is 10.5. The minimum Gasteiger partial charge on any atom is -0.466 e. The molecule has 4 nitrogen and oxygen atoms in total. The molecule has 0 radical (unpaired) electrons. The topological polar surface area (TPSA) is 52.6 Å². The van der Waals surface area contributed by atoms with Crippen molar-refractivity contribution in [1.82, 2.24) is 0 Å². The Balaban J connectivity index is 4.42. The van der Waals surface area contributed by atoms with Crippen molar-refractivity contribution < 1.29 is 19.1 Å². The van der Waals surface area contributed by atoms with Gasteiger partial charge in [0.05, 0.1) is 25.0 Å². The van der Waals surface area contributed by atoms with E-state index in [4.69, 9.17) is 9.47 Å². The molecule has 0 bridgehead atoms. The van der Waals surface area contributed by atoms with Crippen LogP contribution in [0, 0.1) is 11.3 Å². The zero-order chi connectivity index (χ0) is 21.3. The van der Waals surface area contributed by atoms with Crippen molar-refractivity contribution >= 4 is 11.9 Å². The number of ether oxygens (including phenoxy) is 2. The maximum atomic E-state index is 12.7. The van der Waals surface area contributed by atoms with Crippen molar-refractivity contribution in [3.05, 3.63) is 0 Å². The van der Waals surface area contributed by atoms with Crippen LogP contribution in [0.1, 0.15) is 118 Å². The second-order valence-electron chi connectivity index (χ2n) is 8.08. The second-order valence-corrected chi connectivity index (χ2v) is 8.08. The third kappa shape index (κ3) is 10.5. The predicted octanol–water partition coefficient (Wildman–Crippen LogP) is 6.85. The zero-order valence-electron chi connectivity index (χ0n) is 19.3. The molecule has 4 heteroatoms. The number of esters is 2. The van der Waals surface area contributed by atoms with Crippen LogP contribution in [0.4, 0.5) is 0 Å². The van der Waals surface area contributed by atoms with Crippen LogP contribution >= 0.6 is 0 Å². The lowest BCUT2D eigenvalue weighted by atomic mass is 9.69. The van der Waals surface area contributed by atoms with Gasteiger partial charge in [0.1, 0.15) is 0 Å². The Morgan fingerprint density at radius 2 is 1.25 bits per heavy atom. The van der Waals surface area contributed by atoms with Crippen molar-refractivity contribution in [2.24, 2.45) is 11.3 Å². The summed E-state index contributed by atoms with van der Waals surface area (Å²) >= 11 is 0. The van der Waals surface area contributed by atoms with Gasteiger partial charge in [-0.1, -0.05) is 85.0 Å². The molecule has 0 aliphatic rings. The van der Waals surface area contributed by atoms with Crippen LogP contribution in [-0.4, -0.2) is 25.2 Å². The fourth-order valence-corrected chi connectivity index (χ4v) is 4.02. The molecule has 2 unspecified atom stereocenters. The number of hydrogen-bond donors (Lipinski definition) is 0. The number of carbonyl (C=O) groups is 2. The van der Waals surface area contributed by atoms with Gasteiger partial charge in [-0.3, -0.25) is 9.59 Å². The van der Waals surface area contributed by atoms with Gasteiger partial charge in [0.2, 0.25) is 0 Å². The summed E-state index contributed by atoms with van der Waals surface area (Å²) in [5.74, 6) is -0.438. The maximum Gasteiger partial charge on any atom is 0.312 e. The zero-order valence-corrected chi connectivity index (χ0v) is 19.3. The van der Waals surface area contributed by atoms with Gasteiger partial charge >= 0.3 is 11.9 Å². The molecule has 0 spiro atoms. The SMILES string of the molecule is CCCCCCCCCCCCC(C)C(CC)(CC(=O)OCC)C(=O)OCC. The number of unbranched alkanes of at least 4 members (excludes halogenated alkanes) is 9. The molecule has 0 aliphatic heterocycles. The van der Waals surface area contributed by atoms with E-state index in [0.717, 1.165) is 12.8 Å². The van der Waals surface area contributed by atoms with Crippen LogP contribution in [0.2, 0.25) is 0 Å². The Hall–Kier alpha value is -1.06. The lowest BCUT2D eigenvalue weighted by Crippen LogP contribution is -2.41. The van der Waals surface area contributed by atoms with Crippen molar-refractivity contribution in [2.75, 3.05) is 13.2 Å². The molecule has 0 saturated heterocycles. The minimum atomic E-state index is -0.762. The van der Waals surface area contributed by atoms with E-state index in [2.05, 4.69) is 13.8 Å². The Bertz CT molecular complexity index is 407. The summed E-state index contributed by atoms with van der Waals surface area (Å²) in [5.41, 5.74) is -0.762. The molecule has 2 atom stereocenters. The van der Waals surface area contributed by atoms with E-state index in [9.17, 15) is 9.59 Å². The molecule has 0 aliphatic carbocycles. The molecule has 0 rings (SSSR count). The molecule has 0 aromatic heterocycles. The lowest BCUT2D eigenvalue weighted by molar-refractivity contribution is -0.166. The molecule has 0 fully saturated rings. The molecule has 166 valence electrons. The van der Waals surface area contributed by atoms with Crippen LogP contribution in [0.25, 0.3) is 0 Å². The van der Waals surface area contributed by atoms with Gasteiger partial charge in [0.25, 0.3) is 0 Å². The van der Waals surface area contributed by atoms with Crippen LogP contribution in [0.15, 0.2) is 0 Å². The van der Waals surface area contributed by atoms with Gasteiger partial charge in [-0.15, -0.1) is 0 Å². The van der Waals surface area contributed by atoms with E-state index in [1.54, 1.807) is 6.92 Å². The van der Waals surface area contributed by atoms with Crippen LogP contribution in [-0.2, 0) is 19.1 Å². The monoisotopic (exact) mass is 398 g/mol. The molecule has 0 aromatic carbocycles. The van der Waals surface area contributed by atoms with Crippen molar-refractivity contribution in [3.63, 3.8) is 0 Å². The van der Waals surface area contributed by atoms with Gasteiger partial charge in [-0.05, 0) is 32.6 Å². The molecule has 0 aromatic rings. The van der Waals surface area contributed by atoms with Crippen LogP contribution in [0.5, 0.6) is 0 Å². The van der Waals surface area contributed by atoms with Gasteiger partial charge in [0.15, 0.2) is 0 Å². The normalized spacial score (nSPS) is 14.3. The largest absolute Gasteiger partial charge is 0.466 e. The third-order valence-corrected chi connectivity index (χ3v) is 6.01. The lowest BCUT2D eigenvalue weighted by Gasteiger charge is -2.35. The number of hydrogen-bond acceptors (Lipinski definition) is 4. The van der Waals surface area contributed by atoms with Gasteiger partial charge in [-0.25, -0.2) is 0 Å². The average molecular weight is 399 g/mol. The highest BCUT2D eigenvalue weighted by Gasteiger charge is 2.45. The molecular formula is C24H46O4. The summed E-state index contributed by atoms with van der Waals surface area (Å²) in [6.45, 7) is 10.6. The molecule has 28 heavy (non-hydrogen) atoms. The smallest absolute Gasteiger partial charge is 0.312 e. The highest BCUT2D eigenvalue weighted by Crippen LogP contribution is 2.40. The first kappa shape index (κ1) is 26.9. The van der Waals surface area contributed by atoms with E-state index in [-0.39, 0.29) is 24.3 Å². The summed E-state index contributed by atoms with van der Waals surface area (Å²) in [5, 5.41) is 0. The fourth-order valence-electron chi connectivity index (χ4n) is 4.02. The van der Waals surface area contributed by atoms with E-state index in [1.807, 2.05) is 13.8 Å². The highest BCUT2D eigenvalue weighted by molar-refractivity contribution is 5.83. The van der Waals surface area contributed by atoms with Crippen molar-refractivity contribution in [2.45, 2.75) is 118 Å². The van der Waals surface area contributed by atoms with Gasteiger partial charge < -0.3 is 9.47 Å². The fraction of sp³-hybridized carbons (Fsp3) is 0.917. The number of carbonyl (C=O) groups excluding carboxylic acids is 2. The quantitative estimate of drug-likeness (QED) is 0.187. The molecule has 0 amide bonds. The van der Waals surface area contributed by atoms with Crippen molar-refractivity contribution in [3.8, 4) is 0 Å². The Morgan fingerprint density at radius 1 is 0.750 bits per heavy atom. The highest BCUT2D eigenvalue weighted by atomic mass is 16.5. The van der Waals surface area contributed by atoms with Gasteiger partial charge in [0, 0.05) is 0 Å². The minimum absolute atomic E-state index is 0.106. The first-order valence-corrected chi connectivity index (χ1v) is 11.8. The van der Waals surface area contributed by atoms with E-state index in [0.29, 0.717) is 19.6 Å². The molecule has 0 saturated carbocycles. The summed E-state index contributed by atoms with van der Waals surface area (Å²) in [7, 11) is 0. The molecular weight excluding hydrogens is 352 g/mol. The Labute approximate surface area is 174 Å². The van der Waals surface area contributed by atoms with E-state index >= 15 is 0 Å². The van der Waals surface area contributed by atoms with Gasteiger partial charge in [-0.2, -0.15) is 0 Å². The Morgan fingerprint density at radius 3 is 1.71 bits per heavy atom. The molecule has 0 N–H and O–H groups in total. The Kier molecular flexibility index (Phi) is 16.2.